The Bertz CT molecular complexity index is 1080. The second kappa shape index (κ2) is 8.80. The van der Waals surface area contributed by atoms with E-state index in [2.05, 4.69) is 20.1 Å². The van der Waals surface area contributed by atoms with Crippen molar-refractivity contribution in [1.82, 2.24) is 20.2 Å². The number of amides is 1. The standard InChI is InChI=1S/C23H27N5O2S/c1-24-22(29)19-6-5-7-21(25-19)30-17-8-9-18-20(14-17)31-23(26-18)28-13-10-16(15-28)27-11-3-2-4-12-27/h5-9,14,16H,2-4,10-13,15H2,1H3,(H,24,29)/t16-/m1/s1. The van der Waals surface area contributed by atoms with E-state index >= 15 is 0 Å². The van der Waals surface area contributed by atoms with Crippen LogP contribution in [0.3, 0.4) is 0 Å². The van der Waals surface area contributed by atoms with Crippen molar-refractivity contribution in [3.63, 3.8) is 0 Å². The molecule has 2 aliphatic rings. The van der Waals surface area contributed by atoms with Gasteiger partial charge >= 0.3 is 0 Å². The van der Waals surface area contributed by atoms with Crippen LogP contribution in [0, 0.1) is 0 Å². The molecule has 0 aliphatic carbocycles. The Morgan fingerprint density at radius 3 is 2.84 bits per heavy atom. The van der Waals surface area contributed by atoms with Gasteiger partial charge in [0, 0.05) is 38.3 Å². The summed E-state index contributed by atoms with van der Waals surface area (Å²) >= 11 is 1.71. The largest absolute Gasteiger partial charge is 0.439 e. The van der Waals surface area contributed by atoms with Gasteiger partial charge in [0.15, 0.2) is 5.13 Å². The van der Waals surface area contributed by atoms with Crippen LogP contribution in [0.25, 0.3) is 10.2 Å². The van der Waals surface area contributed by atoms with Crippen LogP contribution in [0.1, 0.15) is 36.2 Å². The van der Waals surface area contributed by atoms with E-state index < -0.39 is 0 Å². The zero-order valence-electron chi connectivity index (χ0n) is 17.7. The maximum atomic E-state index is 11.8. The second-order valence-electron chi connectivity index (χ2n) is 8.15. The Balaban J connectivity index is 1.30. The molecule has 2 aliphatic heterocycles. The van der Waals surface area contributed by atoms with Crippen molar-refractivity contribution < 1.29 is 9.53 Å². The number of anilines is 1. The molecule has 1 amide bonds. The summed E-state index contributed by atoms with van der Waals surface area (Å²) in [5.41, 5.74) is 1.32. The van der Waals surface area contributed by atoms with E-state index in [9.17, 15) is 4.79 Å². The lowest BCUT2D eigenvalue weighted by Crippen LogP contribution is -2.40. The first-order valence-corrected chi connectivity index (χ1v) is 11.8. The van der Waals surface area contributed by atoms with Crippen LogP contribution in [-0.4, -0.2) is 60.0 Å². The summed E-state index contributed by atoms with van der Waals surface area (Å²) in [5.74, 6) is 0.854. The molecule has 3 aromatic rings. The van der Waals surface area contributed by atoms with Crippen molar-refractivity contribution in [3.8, 4) is 11.6 Å². The molecule has 0 radical (unpaired) electrons. The Morgan fingerprint density at radius 2 is 2.00 bits per heavy atom. The molecule has 0 spiro atoms. The smallest absolute Gasteiger partial charge is 0.269 e. The van der Waals surface area contributed by atoms with Crippen LogP contribution in [0.15, 0.2) is 36.4 Å². The van der Waals surface area contributed by atoms with E-state index in [1.54, 1.807) is 36.6 Å². The summed E-state index contributed by atoms with van der Waals surface area (Å²) < 4.78 is 7.01. The van der Waals surface area contributed by atoms with Gasteiger partial charge in [-0.3, -0.25) is 9.69 Å². The molecule has 7 nitrogen and oxygen atoms in total. The number of carbonyl (C=O) groups is 1. The fourth-order valence-electron chi connectivity index (χ4n) is 4.44. The Hall–Kier alpha value is -2.71. The van der Waals surface area contributed by atoms with E-state index in [1.165, 1.54) is 38.8 Å². The van der Waals surface area contributed by atoms with Crippen molar-refractivity contribution in [2.45, 2.75) is 31.7 Å². The zero-order chi connectivity index (χ0) is 21.2. The highest BCUT2D eigenvalue weighted by Gasteiger charge is 2.30. The van der Waals surface area contributed by atoms with Gasteiger partial charge in [-0.25, -0.2) is 9.97 Å². The summed E-state index contributed by atoms with van der Waals surface area (Å²) in [6.45, 7) is 4.63. The maximum Gasteiger partial charge on any atom is 0.269 e. The number of nitrogens with zero attached hydrogens (tertiary/aromatic N) is 4. The van der Waals surface area contributed by atoms with Gasteiger partial charge in [-0.2, -0.15) is 0 Å². The molecule has 8 heteroatoms. The van der Waals surface area contributed by atoms with Gasteiger partial charge in [0.25, 0.3) is 5.91 Å². The number of likely N-dealkylation sites (tertiary alicyclic amines) is 1. The third-order valence-corrected chi connectivity index (χ3v) is 7.17. The van der Waals surface area contributed by atoms with E-state index in [1.807, 2.05) is 18.2 Å². The molecule has 1 atom stereocenters. The number of rotatable bonds is 5. The Kier molecular flexibility index (Phi) is 5.74. The average molecular weight is 438 g/mol. The predicted molar refractivity (Wildman–Crippen MR) is 123 cm³/mol. The molecule has 1 N–H and O–H groups in total. The molecule has 0 bridgehead atoms. The number of thiazole rings is 1. The van der Waals surface area contributed by atoms with Gasteiger partial charge in [-0.05, 0) is 50.6 Å². The lowest BCUT2D eigenvalue weighted by molar-refractivity contribution is 0.0957. The number of fused-ring (bicyclic) bond motifs is 1. The van der Waals surface area contributed by atoms with Gasteiger partial charge in [-0.1, -0.05) is 23.8 Å². The van der Waals surface area contributed by atoms with Crippen LogP contribution >= 0.6 is 11.3 Å². The molecule has 5 rings (SSSR count). The summed E-state index contributed by atoms with van der Waals surface area (Å²) in [5, 5.41) is 3.67. The number of benzene rings is 1. The molecule has 2 aromatic heterocycles. The second-order valence-corrected chi connectivity index (χ2v) is 9.16. The molecular formula is C23H27N5O2S. The number of piperidine rings is 1. The minimum Gasteiger partial charge on any atom is -0.439 e. The molecule has 0 saturated carbocycles. The summed E-state index contributed by atoms with van der Waals surface area (Å²) in [7, 11) is 1.59. The van der Waals surface area contributed by atoms with Gasteiger partial charge in [-0.15, -0.1) is 0 Å². The molecule has 1 aromatic carbocycles. The van der Waals surface area contributed by atoms with Crippen molar-refractivity contribution in [2.24, 2.45) is 0 Å². The normalized spacial score (nSPS) is 19.6. The predicted octanol–water partition coefficient (Wildman–Crippen LogP) is 3.91. The average Bonchev–Trinajstić information content (AvgIpc) is 3.46. The molecule has 0 unspecified atom stereocenters. The van der Waals surface area contributed by atoms with Crippen LogP contribution in [0.4, 0.5) is 5.13 Å². The quantitative estimate of drug-likeness (QED) is 0.653. The lowest BCUT2D eigenvalue weighted by atomic mass is 10.1. The van der Waals surface area contributed by atoms with E-state index in [-0.39, 0.29) is 5.91 Å². The number of aromatic nitrogens is 2. The number of pyridine rings is 1. The number of hydrogen-bond acceptors (Lipinski definition) is 7. The van der Waals surface area contributed by atoms with Gasteiger partial charge in [0.2, 0.25) is 5.88 Å². The third kappa shape index (κ3) is 4.36. The van der Waals surface area contributed by atoms with Crippen LogP contribution in [-0.2, 0) is 0 Å². The molecule has 2 saturated heterocycles. The molecule has 4 heterocycles. The highest BCUT2D eigenvalue weighted by atomic mass is 32.1. The fourth-order valence-corrected chi connectivity index (χ4v) is 5.46. The number of nitrogens with one attached hydrogen (secondary N) is 1. The summed E-state index contributed by atoms with van der Waals surface area (Å²) in [4.78, 5) is 26.1. The number of hydrogen-bond donors (Lipinski definition) is 1. The monoisotopic (exact) mass is 437 g/mol. The molecule has 31 heavy (non-hydrogen) atoms. The first-order chi connectivity index (χ1) is 15.2. The Morgan fingerprint density at radius 1 is 1.13 bits per heavy atom. The minimum absolute atomic E-state index is 0.235. The third-order valence-electron chi connectivity index (χ3n) is 6.10. The highest BCUT2D eigenvalue weighted by molar-refractivity contribution is 7.22. The van der Waals surface area contributed by atoms with E-state index in [4.69, 9.17) is 9.72 Å². The number of carbonyl (C=O) groups excluding carboxylic acids is 1. The van der Waals surface area contributed by atoms with Gasteiger partial charge in [0.05, 0.1) is 10.2 Å². The van der Waals surface area contributed by atoms with Crippen LogP contribution in [0.2, 0.25) is 0 Å². The van der Waals surface area contributed by atoms with Crippen LogP contribution in [0.5, 0.6) is 11.6 Å². The SMILES string of the molecule is CNC(=O)c1cccc(Oc2ccc3nc(N4CC[C@@H](N5CCCCC5)C4)sc3c2)n1. The zero-order valence-corrected chi connectivity index (χ0v) is 18.5. The van der Waals surface area contributed by atoms with E-state index in [0.717, 1.165) is 28.4 Å². The number of ether oxygens (including phenoxy) is 1. The lowest BCUT2D eigenvalue weighted by Gasteiger charge is -2.32. The van der Waals surface area contributed by atoms with Crippen molar-refractivity contribution in [1.29, 1.82) is 0 Å². The maximum absolute atomic E-state index is 11.8. The van der Waals surface area contributed by atoms with Crippen molar-refractivity contribution in [2.75, 3.05) is 38.1 Å². The summed E-state index contributed by atoms with van der Waals surface area (Å²) in [6.07, 6.45) is 5.26. The highest BCUT2D eigenvalue weighted by Crippen LogP contribution is 2.34. The topological polar surface area (TPSA) is 70.6 Å². The Labute approximate surface area is 186 Å². The minimum atomic E-state index is -0.235. The fraction of sp³-hybridized carbons (Fsp3) is 0.435. The first kappa shape index (κ1) is 20.2. The first-order valence-electron chi connectivity index (χ1n) is 11.0. The molecule has 2 fully saturated rings. The van der Waals surface area contributed by atoms with Gasteiger partial charge in [0.1, 0.15) is 11.4 Å². The summed E-state index contributed by atoms with van der Waals surface area (Å²) in [6, 6.07) is 11.7. The van der Waals surface area contributed by atoms with Crippen molar-refractivity contribution in [3.05, 3.63) is 42.1 Å². The molecule has 162 valence electrons. The molecular weight excluding hydrogens is 410 g/mol. The van der Waals surface area contributed by atoms with Crippen molar-refractivity contribution >= 4 is 32.6 Å². The van der Waals surface area contributed by atoms with E-state index in [0.29, 0.717) is 23.4 Å². The van der Waals surface area contributed by atoms with Gasteiger partial charge < -0.3 is 15.0 Å². The van der Waals surface area contributed by atoms with Crippen LogP contribution < -0.4 is 15.0 Å².